The van der Waals surface area contributed by atoms with Crippen molar-refractivity contribution in [2.75, 3.05) is 11.5 Å². The van der Waals surface area contributed by atoms with E-state index in [0.29, 0.717) is 0 Å². The molecule has 0 aromatic heterocycles. The second-order valence-electron chi connectivity index (χ2n) is 4.79. The Morgan fingerprint density at radius 3 is 2.00 bits per heavy atom. The summed E-state index contributed by atoms with van der Waals surface area (Å²) in [5.41, 5.74) is 17.8. The molecule has 0 unspecified atom stereocenters. The molecular weight excluding hydrogens is 244 g/mol. The van der Waals surface area contributed by atoms with E-state index in [1.54, 1.807) is 0 Å². The summed E-state index contributed by atoms with van der Waals surface area (Å²) in [5.74, 6) is 0. The molecule has 20 heavy (non-hydrogen) atoms. The van der Waals surface area contributed by atoms with E-state index in [1.807, 2.05) is 54.6 Å². The lowest BCUT2D eigenvalue weighted by atomic mass is 9.98. The maximum atomic E-state index is 6.04. The van der Waals surface area contributed by atoms with Gasteiger partial charge in [0, 0.05) is 16.9 Å². The van der Waals surface area contributed by atoms with Gasteiger partial charge in [0.2, 0.25) is 0 Å². The van der Waals surface area contributed by atoms with Crippen LogP contribution in [0.3, 0.4) is 0 Å². The molecule has 0 amide bonds. The first-order valence-electron chi connectivity index (χ1n) is 6.55. The highest BCUT2D eigenvalue weighted by Gasteiger charge is 2.04. The molecule has 3 rings (SSSR count). The fourth-order valence-corrected chi connectivity index (χ4v) is 2.30. The Morgan fingerprint density at radius 1 is 0.550 bits per heavy atom. The van der Waals surface area contributed by atoms with E-state index in [-0.39, 0.29) is 0 Å². The lowest BCUT2D eigenvalue weighted by Gasteiger charge is -2.08. The Morgan fingerprint density at radius 2 is 1.25 bits per heavy atom. The summed E-state index contributed by atoms with van der Waals surface area (Å²) in [6.45, 7) is 0. The molecule has 98 valence electrons. The topological polar surface area (TPSA) is 52.0 Å². The third-order valence-electron chi connectivity index (χ3n) is 3.38. The van der Waals surface area contributed by atoms with Gasteiger partial charge in [-0.3, -0.25) is 0 Å². The van der Waals surface area contributed by atoms with Crippen molar-refractivity contribution in [2.24, 2.45) is 0 Å². The van der Waals surface area contributed by atoms with E-state index in [0.717, 1.165) is 33.6 Å². The van der Waals surface area contributed by atoms with Gasteiger partial charge in [0.25, 0.3) is 0 Å². The second-order valence-corrected chi connectivity index (χ2v) is 4.79. The van der Waals surface area contributed by atoms with Crippen LogP contribution in [0.25, 0.3) is 22.3 Å². The van der Waals surface area contributed by atoms with Crippen LogP contribution in [-0.2, 0) is 0 Å². The van der Waals surface area contributed by atoms with Crippen LogP contribution < -0.4 is 11.5 Å². The van der Waals surface area contributed by atoms with E-state index < -0.39 is 0 Å². The van der Waals surface area contributed by atoms with Crippen LogP contribution in [0.1, 0.15) is 0 Å². The zero-order valence-electron chi connectivity index (χ0n) is 11.1. The highest BCUT2D eigenvalue weighted by Crippen LogP contribution is 2.29. The monoisotopic (exact) mass is 260 g/mol. The van der Waals surface area contributed by atoms with Crippen LogP contribution in [0, 0.1) is 0 Å². The predicted molar refractivity (Wildman–Crippen MR) is 86.1 cm³/mol. The molecule has 0 radical (unpaired) electrons. The summed E-state index contributed by atoms with van der Waals surface area (Å²) in [4.78, 5) is 0. The van der Waals surface area contributed by atoms with Gasteiger partial charge in [-0.05, 0) is 41.0 Å². The molecule has 0 bridgehead atoms. The van der Waals surface area contributed by atoms with Crippen LogP contribution in [0.5, 0.6) is 0 Å². The van der Waals surface area contributed by atoms with E-state index >= 15 is 0 Å². The smallest absolute Gasteiger partial charge is 0.0393 e. The van der Waals surface area contributed by atoms with Crippen molar-refractivity contribution in [1.82, 2.24) is 0 Å². The van der Waals surface area contributed by atoms with Crippen molar-refractivity contribution < 1.29 is 0 Å². The summed E-state index contributed by atoms with van der Waals surface area (Å²) >= 11 is 0. The zero-order chi connectivity index (χ0) is 13.9. The minimum absolute atomic E-state index is 0.775. The zero-order valence-corrected chi connectivity index (χ0v) is 11.1. The normalized spacial score (nSPS) is 10.4. The molecule has 2 heteroatoms. The van der Waals surface area contributed by atoms with Crippen LogP contribution >= 0.6 is 0 Å². The molecule has 0 saturated heterocycles. The van der Waals surface area contributed by atoms with Crippen molar-refractivity contribution >= 4 is 11.4 Å². The van der Waals surface area contributed by atoms with Gasteiger partial charge in [-0.25, -0.2) is 0 Å². The quantitative estimate of drug-likeness (QED) is 0.679. The SMILES string of the molecule is Nc1ccc(-c2cccc(-c3ccccc3N)c2)cc1. The van der Waals surface area contributed by atoms with Crippen molar-refractivity contribution in [1.29, 1.82) is 0 Å². The first-order valence-corrected chi connectivity index (χ1v) is 6.55. The number of rotatable bonds is 2. The number of hydrogen-bond donors (Lipinski definition) is 2. The molecule has 0 saturated carbocycles. The van der Waals surface area contributed by atoms with E-state index in [9.17, 15) is 0 Å². The van der Waals surface area contributed by atoms with E-state index in [2.05, 4.69) is 18.2 Å². The van der Waals surface area contributed by atoms with Crippen LogP contribution in [0.2, 0.25) is 0 Å². The molecule has 0 spiro atoms. The van der Waals surface area contributed by atoms with Crippen molar-refractivity contribution in [3.63, 3.8) is 0 Å². The molecule has 2 nitrogen and oxygen atoms in total. The van der Waals surface area contributed by atoms with Gasteiger partial charge in [-0.1, -0.05) is 48.5 Å². The average molecular weight is 260 g/mol. The van der Waals surface area contributed by atoms with Gasteiger partial charge < -0.3 is 11.5 Å². The van der Waals surface area contributed by atoms with E-state index in [4.69, 9.17) is 11.5 Å². The Bertz CT molecular complexity index is 730. The lowest BCUT2D eigenvalue weighted by Crippen LogP contribution is -1.89. The average Bonchev–Trinajstić information content (AvgIpc) is 2.49. The molecule has 4 N–H and O–H groups in total. The second kappa shape index (κ2) is 5.10. The molecule has 0 atom stereocenters. The highest BCUT2D eigenvalue weighted by molar-refractivity contribution is 5.80. The Kier molecular flexibility index (Phi) is 3.13. The first kappa shape index (κ1) is 12.3. The maximum absolute atomic E-state index is 6.04. The number of anilines is 2. The van der Waals surface area contributed by atoms with E-state index in [1.165, 1.54) is 0 Å². The first-order chi connectivity index (χ1) is 9.74. The summed E-state index contributed by atoms with van der Waals surface area (Å²) in [7, 11) is 0. The Labute approximate surface area is 118 Å². The van der Waals surface area contributed by atoms with Gasteiger partial charge in [0.15, 0.2) is 0 Å². The lowest BCUT2D eigenvalue weighted by molar-refractivity contribution is 1.58. The fraction of sp³-hybridized carbons (Fsp3) is 0. The Balaban J connectivity index is 2.06. The number of hydrogen-bond acceptors (Lipinski definition) is 2. The van der Waals surface area contributed by atoms with Crippen LogP contribution in [0.15, 0.2) is 72.8 Å². The number of para-hydroxylation sites is 1. The molecule has 0 fully saturated rings. The van der Waals surface area contributed by atoms with Gasteiger partial charge in [-0.2, -0.15) is 0 Å². The minimum atomic E-state index is 0.775. The van der Waals surface area contributed by atoms with Gasteiger partial charge >= 0.3 is 0 Å². The van der Waals surface area contributed by atoms with Crippen LogP contribution in [0.4, 0.5) is 11.4 Å². The molecule has 0 heterocycles. The van der Waals surface area contributed by atoms with Crippen molar-refractivity contribution in [3.8, 4) is 22.3 Å². The van der Waals surface area contributed by atoms with Gasteiger partial charge in [-0.15, -0.1) is 0 Å². The number of nitrogen functional groups attached to an aromatic ring is 2. The minimum Gasteiger partial charge on any atom is -0.399 e. The maximum Gasteiger partial charge on any atom is 0.0393 e. The predicted octanol–water partition coefficient (Wildman–Crippen LogP) is 4.19. The third kappa shape index (κ3) is 2.36. The molecular formula is C18H16N2. The summed E-state index contributed by atoms with van der Waals surface area (Å²) in [6, 6.07) is 24.2. The van der Waals surface area contributed by atoms with Crippen molar-refractivity contribution in [2.45, 2.75) is 0 Å². The number of benzene rings is 3. The molecule has 0 aliphatic heterocycles. The summed E-state index contributed by atoms with van der Waals surface area (Å²) < 4.78 is 0. The summed E-state index contributed by atoms with van der Waals surface area (Å²) in [5, 5.41) is 0. The Hall–Kier alpha value is -2.74. The molecule has 0 aliphatic carbocycles. The molecule has 3 aromatic carbocycles. The number of nitrogens with two attached hydrogens (primary N) is 2. The van der Waals surface area contributed by atoms with Gasteiger partial charge in [0.1, 0.15) is 0 Å². The molecule has 0 aliphatic rings. The fourth-order valence-electron chi connectivity index (χ4n) is 2.30. The highest BCUT2D eigenvalue weighted by atomic mass is 14.6. The summed E-state index contributed by atoms with van der Waals surface area (Å²) in [6.07, 6.45) is 0. The van der Waals surface area contributed by atoms with Crippen LogP contribution in [-0.4, -0.2) is 0 Å². The molecule has 3 aromatic rings. The largest absolute Gasteiger partial charge is 0.399 e. The standard InChI is InChI=1S/C18H16N2/c19-16-10-8-13(9-11-16)14-4-3-5-15(12-14)17-6-1-2-7-18(17)20/h1-12H,19-20H2. The third-order valence-corrected chi connectivity index (χ3v) is 3.38. The van der Waals surface area contributed by atoms with Crippen molar-refractivity contribution in [3.05, 3.63) is 72.8 Å². The van der Waals surface area contributed by atoms with Gasteiger partial charge in [0.05, 0.1) is 0 Å².